The number of rotatable bonds is 5. The normalized spacial score (nSPS) is 10.8. The Hall–Kier alpha value is -3.34. The molecule has 2 N–H and O–H groups in total. The highest BCUT2D eigenvalue weighted by atomic mass is 16.2. The van der Waals surface area contributed by atoms with Crippen molar-refractivity contribution in [1.29, 1.82) is 5.26 Å². The van der Waals surface area contributed by atoms with Crippen molar-refractivity contribution in [3.05, 3.63) is 56.5 Å². The highest BCUT2D eigenvalue weighted by molar-refractivity contribution is 5.71. The van der Waals surface area contributed by atoms with Crippen molar-refractivity contribution in [1.82, 2.24) is 19.1 Å². The number of hydrogen-bond acceptors (Lipinski definition) is 5. The van der Waals surface area contributed by atoms with Gasteiger partial charge in [0.2, 0.25) is 0 Å². The van der Waals surface area contributed by atoms with Crippen molar-refractivity contribution in [2.75, 3.05) is 5.32 Å². The Balaban J connectivity index is 2.07. The molecule has 1 aromatic carbocycles. The monoisotopic (exact) mass is 338 g/mol. The summed E-state index contributed by atoms with van der Waals surface area (Å²) >= 11 is 0. The maximum atomic E-state index is 12.2. The number of aromatic amines is 1. The van der Waals surface area contributed by atoms with Crippen LogP contribution in [0.25, 0.3) is 11.2 Å². The number of H-pyrrole nitrogens is 1. The van der Waals surface area contributed by atoms with Crippen LogP contribution in [0.4, 0.5) is 5.69 Å². The van der Waals surface area contributed by atoms with E-state index >= 15 is 0 Å². The van der Waals surface area contributed by atoms with Gasteiger partial charge in [-0.25, -0.2) is 9.78 Å². The molecule has 2 heterocycles. The third-order valence-corrected chi connectivity index (χ3v) is 4.12. The largest absolute Gasteiger partial charge is 0.378 e. The molecule has 3 aromatic rings. The number of nitrogens with one attached hydrogen (secondary N) is 2. The Morgan fingerprint density at radius 2 is 2.08 bits per heavy atom. The summed E-state index contributed by atoms with van der Waals surface area (Å²) in [5.41, 5.74) is 1.66. The van der Waals surface area contributed by atoms with Gasteiger partial charge in [0.05, 0.1) is 19.0 Å². The number of imidazole rings is 1. The second-order valence-electron chi connectivity index (χ2n) is 5.75. The van der Waals surface area contributed by atoms with Gasteiger partial charge in [-0.05, 0) is 18.6 Å². The molecule has 0 saturated heterocycles. The summed E-state index contributed by atoms with van der Waals surface area (Å²) in [6.45, 7) is 2.70. The highest BCUT2D eigenvalue weighted by Crippen LogP contribution is 2.16. The van der Waals surface area contributed by atoms with E-state index < -0.39 is 11.2 Å². The fourth-order valence-corrected chi connectivity index (χ4v) is 2.76. The van der Waals surface area contributed by atoms with E-state index in [0.717, 1.165) is 11.3 Å². The smallest absolute Gasteiger partial charge is 0.329 e. The average Bonchev–Trinajstić information content (AvgIpc) is 2.96. The molecule has 0 radical (unpaired) electrons. The van der Waals surface area contributed by atoms with E-state index in [2.05, 4.69) is 21.4 Å². The zero-order valence-corrected chi connectivity index (χ0v) is 14.0. The van der Waals surface area contributed by atoms with Gasteiger partial charge in [-0.3, -0.25) is 14.3 Å². The van der Waals surface area contributed by atoms with Crippen molar-refractivity contribution in [3.63, 3.8) is 0 Å². The molecule has 8 nitrogen and oxygen atoms in total. The van der Waals surface area contributed by atoms with Crippen molar-refractivity contribution in [2.45, 2.75) is 26.4 Å². The van der Waals surface area contributed by atoms with Gasteiger partial charge in [0.25, 0.3) is 5.56 Å². The van der Waals surface area contributed by atoms with Crippen LogP contribution < -0.4 is 16.6 Å². The van der Waals surface area contributed by atoms with Gasteiger partial charge in [-0.2, -0.15) is 5.26 Å². The summed E-state index contributed by atoms with van der Waals surface area (Å²) in [5.74, 6) is 0.597. The molecule has 0 aliphatic rings. The highest BCUT2D eigenvalue weighted by Gasteiger charge is 2.17. The minimum absolute atomic E-state index is 0.241. The summed E-state index contributed by atoms with van der Waals surface area (Å²) in [4.78, 5) is 30.8. The Morgan fingerprint density at radius 3 is 2.80 bits per heavy atom. The Morgan fingerprint density at radius 1 is 1.32 bits per heavy atom. The van der Waals surface area contributed by atoms with E-state index in [0.29, 0.717) is 30.1 Å². The predicted molar refractivity (Wildman–Crippen MR) is 94.3 cm³/mol. The van der Waals surface area contributed by atoms with Crippen LogP contribution in [0.2, 0.25) is 0 Å². The average molecular weight is 338 g/mol. The Labute approximate surface area is 143 Å². The molecule has 0 atom stereocenters. The Bertz CT molecular complexity index is 1080. The molecular weight excluding hydrogens is 320 g/mol. The fraction of sp³-hybridized carbons (Fsp3) is 0.294. The summed E-state index contributed by atoms with van der Waals surface area (Å²) in [6, 6.07) is 9.92. The SMILES string of the molecule is Cc1ccccc1NCc1nc2c(c(=O)[nH]c(=O)n2C)n1CCC#N. The van der Waals surface area contributed by atoms with Crippen LogP contribution in [-0.4, -0.2) is 19.1 Å². The quantitative estimate of drug-likeness (QED) is 0.728. The lowest BCUT2D eigenvalue weighted by atomic mass is 10.2. The van der Waals surface area contributed by atoms with Gasteiger partial charge in [0, 0.05) is 19.3 Å². The molecule has 0 saturated carbocycles. The van der Waals surface area contributed by atoms with Gasteiger partial charge in [-0.1, -0.05) is 18.2 Å². The minimum Gasteiger partial charge on any atom is -0.378 e. The van der Waals surface area contributed by atoms with Crippen LogP contribution >= 0.6 is 0 Å². The van der Waals surface area contributed by atoms with Gasteiger partial charge in [0.1, 0.15) is 5.82 Å². The zero-order chi connectivity index (χ0) is 18.0. The summed E-state index contributed by atoms with van der Waals surface area (Å²) in [6.07, 6.45) is 0.241. The first kappa shape index (κ1) is 16.5. The molecule has 0 unspecified atom stereocenters. The predicted octanol–water partition coefficient (Wildman–Crippen LogP) is 1.26. The number of nitriles is 1. The van der Waals surface area contributed by atoms with Gasteiger partial charge in [-0.15, -0.1) is 0 Å². The molecule has 0 spiro atoms. The van der Waals surface area contributed by atoms with Crippen LogP contribution in [0.15, 0.2) is 33.9 Å². The minimum atomic E-state index is -0.513. The number of para-hydroxylation sites is 1. The lowest BCUT2D eigenvalue weighted by Gasteiger charge is -2.10. The number of benzene rings is 1. The first-order valence-corrected chi connectivity index (χ1v) is 7.87. The van der Waals surface area contributed by atoms with Gasteiger partial charge < -0.3 is 9.88 Å². The van der Waals surface area contributed by atoms with Crippen LogP contribution in [0.5, 0.6) is 0 Å². The van der Waals surface area contributed by atoms with Gasteiger partial charge in [0.15, 0.2) is 11.2 Å². The Kier molecular flexibility index (Phi) is 4.39. The maximum Gasteiger partial charge on any atom is 0.329 e. The molecule has 0 bridgehead atoms. The molecular formula is C17H18N6O2. The maximum absolute atomic E-state index is 12.2. The van der Waals surface area contributed by atoms with Crippen molar-refractivity contribution < 1.29 is 0 Å². The molecule has 0 aliphatic heterocycles. The zero-order valence-electron chi connectivity index (χ0n) is 14.0. The number of aryl methyl sites for hydroxylation is 3. The van der Waals surface area contributed by atoms with Crippen molar-refractivity contribution >= 4 is 16.9 Å². The van der Waals surface area contributed by atoms with E-state index in [9.17, 15) is 9.59 Å². The molecule has 128 valence electrons. The molecule has 0 amide bonds. The first-order valence-electron chi connectivity index (χ1n) is 7.87. The standard InChI is InChI=1S/C17H18N6O2/c1-11-6-3-4-7-12(11)19-10-13-20-15-14(23(13)9-5-8-18)16(24)21-17(25)22(15)2/h3-4,6-7,19H,5,9-10H2,1-2H3,(H,21,24,25). The number of hydrogen-bond donors (Lipinski definition) is 2. The number of fused-ring (bicyclic) bond motifs is 1. The number of anilines is 1. The van der Waals surface area contributed by atoms with E-state index in [4.69, 9.17) is 5.26 Å². The summed E-state index contributed by atoms with van der Waals surface area (Å²) < 4.78 is 3.00. The molecule has 25 heavy (non-hydrogen) atoms. The molecule has 0 aliphatic carbocycles. The number of nitrogens with zero attached hydrogens (tertiary/aromatic N) is 4. The van der Waals surface area contributed by atoms with Crippen molar-refractivity contribution in [2.24, 2.45) is 7.05 Å². The summed E-state index contributed by atoms with van der Waals surface area (Å²) in [5, 5.41) is 12.2. The topological polar surface area (TPSA) is 108 Å². The van der Waals surface area contributed by atoms with E-state index in [-0.39, 0.29) is 6.42 Å². The third kappa shape index (κ3) is 3.04. The van der Waals surface area contributed by atoms with Gasteiger partial charge >= 0.3 is 5.69 Å². The summed E-state index contributed by atoms with van der Waals surface area (Å²) in [7, 11) is 1.56. The van der Waals surface area contributed by atoms with Crippen molar-refractivity contribution in [3.8, 4) is 6.07 Å². The molecule has 3 rings (SSSR count). The second-order valence-corrected chi connectivity index (χ2v) is 5.75. The van der Waals surface area contributed by atoms with E-state index in [1.807, 2.05) is 31.2 Å². The first-order chi connectivity index (χ1) is 12.0. The lowest BCUT2D eigenvalue weighted by Crippen LogP contribution is -2.29. The van der Waals surface area contributed by atoms with Crippen LogP contribution in [0.3, 0.4) is 0 Å². The molecule has 0 fully saturated rings. The number of aromatic nitrogens is 4. The van der Waals surface area contributed by atoms with Crippen LogP contribution in [0, 0.1) is 18.3 Å². The van der Waals surface area contributed by atoms with Crippen LogP contribution in [0.1, 0.15) is 17.8 Å². The molecule has 2 aromatic heterocycles. The third-order valence-electron chi connectivity index (χ3n) is 4.12. The van der Waals surface area contributed by atoms with Crippen LogP contribution in [-0.2, 0) is 20.1 Å². The van der Waals surface area contributed by atoms with E-state index in [1.54, 1.807) is 11.6 Å². The fourth-order valence-electron chi connectivity index (χ4n) is 2.76. The van der Waals surface area contributed by atoms with E-state index in [1.165, 1.54) is 4.57 Å². The second kappa shape index (κ2) is 6.65. The lowest BCUT2D eigenvalue weighted by molar-refractivity contribution is 0.689. The molecule has 8 heteroatoms.